The molecule has 2 aliphatic heterocycles. The maximum absolute atomic E-state index is 13.2. The van der Waals surface area contributed by atoms with E-state index < -0.39 is 11.8 Å². The van der Waals surface area contributed by atoms with Gasteiger partial charge in [-0.1, -0.05) is 32.0 Å². The Bertz CT molecular complexity index is 774. The van der Waals surface area contributed by atoms with Gasteiger partial charge in [0.2, 0.25) is 0 Å². The second-order valence-corrected chi connectivity index (χ2v) is 7.97. The van der Waals surface area contributed by atoms with Crippen LogP contribution in [0.4, 0.5) is 5.69 Å². The average molecular weight is 386 g/mol. The first-order valence-electron chi connectivity index (χ1n) is 10.1. The number of para-hydroxylation sites is 1. The second kappa shape index (κ2) is 8.45. The molecule has 0 radical (unpaired) electrons. The Morgan fingerprint density at radius 3 is 2.89 bits per heavy atom. The number of carbonyl (C=O) groups excluding carboxylic acids is 1. The summed E-state index contributed by atoms with van der Waals surface area (Å²) in [6.45, 7) is 7.40. The SMILES string of the molecule is CCN/C(C(=O)CN1c2ccccc2[C@]2(O)CCO[C@H]12)=C(\C=N)CCC(C)C. The van der Waals surface area contributed by atoms with Crippen molar-refractivity contribution in [3.05, 3.63) is 41.1 Å². The molecule has 1 aromatic rings. The summed E-state index contributed by atoms with van der Waals surface area (Å²) in [6.07, 6.45) is 2.88. The van der Waals surface area contributed by atoms with E-state index in [1.165, 1.54) is 6.21 Å². The molecule has 0 spiro atoms. The van der Waals surface area contributed by atoms with Gasteiger partial charge in [0, 0.05) is 30.4 Å². The first-order chi connectivity index (χ1) is 13.4. The van der Waals surface area contributed by atoms with Crippen molar-refractivity contribution in [3.63, 3.8) is 0 Å². The standard InChI is InChI=1S/C22H31N3O3/c1-4-24-20(16(13-23)10-9-15(2)3)19(26)14-25-18-8-6-5-7-17(18)22(27)11-12-28-21(22)25/h5-8,13,15,21,23-24,27H,4,9-12,14H2,1-3H3/b20-16-,23-13?/t21-,22+/m0/s1. The summed E-state index contributed by atoms with van der Waals surface area (Å²) in [5.41, 5.74) is 1.84. The second-order valence-electron chi connectivity index (χ2n) is 7.97. The summed E-state index contributed by atoms with van der Waals surface area (Å²) in [6, 6.07) is 7.65. The third-order valence-corrected chi connectivity index (χ3v) is 5.56. The van der Waals surface area contributed by atoms with Crippen molar-refractivity contribution in [2.24, 2.45) is 5.92 Å². The van der Waals surface area contributed by atoms with Gasteiger partial charge in [0.1, 0.15) is 5.60 Å². The number of nitrogens with one attached hydrogen (secondary N) is 2. The van der Waals surface area contributed by atoms with E-state index in [4.69, 9.17) is 10.1 Å². The number of allylic oxidation sites excluding steroid dienone is 1. The van der Waals surface area contributed by atoms with Crippen LogP contribution in [0.3, 0.4) is 0 Å². The van der Waals surface area contributed by atoms with Crippen LogP contribution in [-0.4, -0.2) is 43.0 Å². The molecule has 1 saturated heterocycles. The molecule has 6 heteroatoms. The maximum Gasteiger partial charge on any atom is 0.198 e. The van der Waals surface area contributed by atoms with Crippen LogP contribution in [0.25, 0.3) is 0 Å². The maximum atomic E-state index is 13.2. The largest absolute Gasteiger partial charge is 0.382 e. The smallest absolute Gasteiger partial charge is 0.198 e. The van der Waals surface area contributed by atoms with Crippen molar-refractivity contribution >= 4 is 17.7 Å². The van der Waals surface area contributed by atoms with Gasteiger partial charge in [0.05, 0.1) is 18.8 Å². The van der Waals surface area contributed by atoms with Crippen LogP contribution in [0.1, 0.15) is 45.6 Å². The van der Waals surface area contributed by atoms with Crippen molar-refractivity contribution < 1.29 is 14.6 Å². The van der Waals surface area contributed by atoms with Gasteiger partial charge in [-0.15, -0.1) is 0 Å². The zero-order chi connectivity index (χ0) is 20.3. The quantitative estimate of drug-likeness (QED) is 0.449. The van der Waals surface area contributed by atoms with Crippen LogP contribution in [0.2, 0.25) is 0 Å². The number of carbonyl (C=O) groups is 1. The minimum Gasteiger partial charge on any atom is -0.382 e. The predicted molar refractivity (Wildman–Crippen MR) is 111 cm³/mol. The monoisotopic (exact) mass is 385 g/mol. The Balaban J connectivity index is 1.88. The van der Waals surface area contributed by atoms with Crippen LogP contribution in [-0.2, 0) is 15.1 Å². The van der Waals surface area contributed by atoms with Gasteiger partial charge in [0.25, 0.3) is 0 Å². The molecule has 2 heterocycles. The fraction of sp³-hybridized carbons (Fsp3) is 0.545. The lowest BCUT2D eigenvalue weighted by molar-refractivity contribution is -0.115. The first kappa shape index (κ1) is 20.6. The molecule has 1 fully saturated rings. The molecule has 3 rings (SSSR count). The molecule has 1 aromatic carbocycles. The third kappa shape index (κ3) is 3.71. The van der Waals surface area contributed by atoms with Crippen molar-refractivity contribution in [2.75, 3.05) is 24.6 Å². The van der Waals surface area contributed by atoms with Crippen LogP contribution >= 0.6 is 0 Å². The van der Waals surface area contributed by atoms with E-state index in [9.17, 15) is 9.90 Å². The highest BCUT2D eigenvalue weighted by atomic mass is 16.5. The highest BCUT2D eigenvalue weighted by Crippen LogP contribution is 2.49. The fourth-order valence-electron chi connectivity index (χ4n) is 4.10. The summed E-state index contributed by atoms with van der Waals surface area (Å²) >= 11 is 0. The summed E-state index contributed by atoms with van der Waals surface area (Å²) < 4.78 is 5.82. The highest BCUT2D eigenvalue weighted by Gasteiger charge is 2.54. The van der Waals surface area contributed by atoms with Crippen LogP contribution in [0.5, 0.6) is 0 Å². The Hall–Kier alpha value is -2.18. The summed E-state index contributed by atoms with van der Waals surface area (Å²) in [7, 11) is 0. The molecule has 0 unspecified atom stereocenters. The average Bonchev–Trinajstić information content (AvgIpc) is 3.16. The minimum atomic E-state index is -1.07. The van der Waals surface area contributed by atoms with Crippen molar-refractivity contribution in [1.29, 1.82) is 5.41 Å². The van der Waals surface area contributed by atoms with E-state index in [0.29, 0.717) is 37.6 Å². The van der Waals surface area contributed by atoms with Gasteiger partial charge in [0.15, 0.2) is 12.0 Å². The highest BCUT2D eigenvalue weighted by molar-refractivity contribution is 6.03. The van der Waals surface area contributed by atoms with E-state index in [1.807, 2.05) is 36.1 Å². The van der Waals surface area contributed by atoms with Gasteiger partial charge in [-0.2, -0.15) is 0 Å². The van der Waals surface area contributed by atoms with Crippen molar-refractivity contribution in [3.8, 4) is 0 Å². The summed E-state index contributed by atoms with van der Waals surface area (Å²) in [5.74, 6) is 0.416. The molecule has 0 amide bonds. The van der Waals surface area contributed by atoms with Crippen molar-refractivity contribution in [2.45, 2.75) is 51.9 Å². The molecule has 0 bridgehead atoms. The molecule has 0 saturated carbocycles. The number of benzene rings is 1. The molecular formula is C22H31N3O3. The molecule has 0 aromatic heterocycles. The number of aliphatic hydroxyl groups is 1. The number of Topliss-reactive ketones (excluding diaryl/α,β-unsaturated/α-hetero) is 1. The lowest BCUT2D eigenvalue weighted by Gasteiger charge is -2.29. The van der Waals surface area contributed by atoms with Crippen LogP contribution in [0.15, 0.2) is 35.5 Å². The molecular weight excluding hydrogens is 354 g/mol. The van der Waals surface area contributed by atoms with Crippen molar-refractivity contribution in [1.82, 2.24) is 5.32 Å². The number of ketones is 1. The molecule has 6 nitrogen and oxygen atoms in total. The number of rotatable bonds is 9. The zero-order valence-electron chi connectivity index (χ0n) is 17.0. The van der Waals surface area contributed by atoms with E-state index in [0.717, 1.165) is 23.2 Å². The van der Waals surface area contributed by atoms with E-state index in [1.54, 1.807) is 0 Å². The number of hydrogen-bond donors (Lipinski definition) is 3. The Kier molecular flexibility index (Phi) is 6.20. The summed E-state index contributed by atoms with van der Waals surface area (Å²) in [4.78, 5) is 15.1. The van der Waals surface area contributed by atoms with E-state index in [-0.39, 0.29) is 12.3 Å². The normalized spacial score (nSPS) is 24.0. The lowest BCUT2D eigenvalue weighted by atomic mass is 9.93. The lowest BCUT2D eigenvalue weighted by Crippen LogP contribution is -2.45. The Morgan fingerprint density at radius 2 is 2.21 bits per heavy atom. The first-order valence-corrected chi connectivity index (χ1v) is 10.1. The molecule has 2 atom stereocenters. The van der Waals surface area contributed by atoms with E-state index >= 15 is 0 Å². The van der Waals surface area contributed by atoms with E-state index in [2.05, 4.69) is 19.2 Å². The fourth-order valence-corrected chi connectivity index (χ4v) is 4.10. The number of nitrogens with zero attached hydrogens (tertiary/aromatic N) is 1. The van der Waals surface area contributed by atoms with Gasteiger partial charge in [-0.3, -0.25) is 4.79 Å². The number of hydrogen-bond acceptors (Lipinski definition) is 6. The number of ether oxygens (including phenoxy) is 1. The molecule has 3 N–H and O–H groups in total. The Labute approximate surface area is 167 Å². The zero-order valence-corrected chi connectivity index (χ0v) is 17.0. The molecule has 0 aliphatic carbocycles. The van der Waals surface area contributed by atoms with Crippen LogP contribution in [0, 0.1) is 11.3 Å². The third-order valence-electron chi connectivity index (χ3n) is 5.56. The van der Waals surface area contributed by atoms with Gasteiger partial charge >= 0.3 is 0 Å². The van der Waals surface area contributed by atoms with Gasteiger partial charge in [-0.25, -0.2) is 0 Å². The van der Waals surface area contributed by atoms with Gasteiger partial charge < -0.3 is 25.5 Å². The predicted octanol–water partition coefficient (Wildman–Crippen LogP) is 2.96. The topological polar surface area (TPSA) is 85.7 Å². The van der Waals surface area contributed by atoms with Crippen LogP contribution < -0.4 is 10.2 Å². The molecule has 28 heavy (non-hydrogen) atoms. The number of likely N-dealkylation sites (N-methyl/N-ethyl adjacent to an activating group) is 1. The van der Waals surface area contributed by atoms with Gasteiger partial charge in [-0.05, 0) is 37.3 Å². The minimum absolute atomic E-state index is 0.0846. The Morgan fingerprint density at radius 1 is 1.46 bits per heavy atom. The number of fused-ring (bicyclic) bond motifs is 3. The summed E-state index contributed by atoms with van der Waals surface area (Å²) in [5, 5.41) is 22.1. The molecule has 2 aliphatic rings. The molecule has 152 valence electrons. The number of anilines is 1.